The molecular weight excluding hydrogens is 349 g/mol. The van der Waals surface area contributed by atoms with Gasteiger partial charge in [0, 0.05) is 35.3 Å². The highest BCUT2D eigenvalue weighted by Gasteiger charge is 2.12. The van der Waals surface area contributed by atoms with E-state index in [2.05, 4.69) is 52.5 Å². The van der Waals surface area contributed by atoms with Gasteiger partial charge < -0.3 is 10.3 Å². The van der Waals surface area contributed by atoms with Crippen molar-refractivity contribution in [3.8, 4) is 0 Å². The van der Waals surface area contributed by atoms with Crippen molar-refractivity contribution >= 4 is 16.7 Å². The number of fused-ring (bicyclic) bond motifs is 1. The van der Waals surface area contributed by atoms with E-state index in [4.69, 9.17) is 0 Å². The molecule has 0 saturated heterocycles. The minimum absolute atomic E-state index is 0.203. The summed E-state index contributed by atoms with van der Waals surface area (Å²) in [6.45, 7) is 4.90. The summed E-state index contributed by atoms with van der Waals surface area (Å²) < 4.78 is 13.2. The Morgan fingerprint density at radius 2 is 1.79 bits per heavy atom. The first-order chi connectivity index (χ1) is 13.6. The molecule has 142 valence electrons. The van der Waals surface area contributed by atoms with Crippen LogP contribution in [0.3, 0.4) is 0 Å². The van der Waals surface area contributed by atoms with Crippen molar-refractivity contribution in [1.82, 2.24) is 9.97 Å². The number of nitrogens with one attached hydrogen (secondary N) is 2. The Balaban J connectivity index is 1.57. The lowest BCUT2D eigenvalue weighted by molar-refractivity contribution is 0.627. The number of benzene rings is 2. The molecule has 0 aliphatic rings. The van der Waals surface area contributed by atoms with Crippen molar-refractivity contribution in [2.24, 2.45) is 0 Å². The van der Waals surface area contributed by atoms with Crippen molar-refractivity contribution in [2.45, 2.75) is 26.7 Å². The molecule has 0 atom stereocenters. The summed E-state index contributed by atoms with van der Waals surface area (Å²) in [6.07, 6.45) is 1.64. The molecule has 0 fully saturated rings. The third-order valence-electron chi connectivity index (χ3n) is 4.98. The van der Waals surface area contributed by atoms with Gasteiger partial charge in [0.2, 0.25) is 0 Å². The van der Waals surface area contributed by atoms with Gasteiger partial charge in [-0.3, -0.25) is 0 Å². The highest BCUT2D eigenvalue weighted by atomic mass is 19.1. The number of hydrogen-bond acceptors (Lipinski definition) is 2. The Hall–Kier alpha value is -3.14. The van der Waals surface area contributed by atoms with Gasteiger partial charge in [0.15, 0.2) is 0 Å². The normalized spacial score (nSPS) is 11.1. The van der Waals surface area contributed by atoms with Crippen LogP contribution in [0.2, 0.25) is 0 Å². The second-order valence-electron chi connectivity index (χ2n) is 7.28. The highest BCUT2D eigenvalue weighted by Crippen LogP contribution is 2.25. The van der Waals surface area contributed by atoms with Crippen molar-refractivity contribution in [3.63, 3.8) is 0 Å². The Bertz CT molecular complexity index is 1080. The predicted molar refractivity (Wildman–Crippen MR) is 113 cm³/mol. The number of halogens is 1. The van der Waals surface area contributed by atoms with Crippen LogP contribution in [0.5, 0.6) is 0 Å². The van der Waals surface area contributed by atoms with Crippen LogP contribution < -0.4 is 5.32 Å². The van der Waals surface area contributed by atoms with Gasteiger partial charge >= 0.3 is 0 Å². The number of aromatic nitrogens is 2. The number of nitrogens with zero attached hydrogens (tertiary/aromatic N) is 1. The summed E-state index contributed by atoms with van der Waals surface area (Å²) in [4.78, 5) is 8.12. The number of aryl methyl sites for hydroxylation is 2. The number of hydrogen-bond donors (Lipinski definition) is 2. The van der Waals surface area contributed by atoms with Gasteiger partial charge in [-0.1, -0.05) is 30.3 Å². The second-order valence-corrected chi connectivity index (χ2v) is 7.28. The van der Waals surface area contributed by atoms with Crippen molar-refractivity contribution in [2.75, 3.05) is 11.9 Å². The summed E-state index contributed by atoms with van der Waals surface area (Å²) in [5.74, 6) is 0.711. The number of aromatic amines is 1. The second kappa shape index (κ2) is 7.85. The van der Waals surface area contributed by atoms with E-state index < -0.39 is 0 Å². The van der Waals surface area contributed by atoms with Gasteiger partial charge in [0.05, 0.1) is 0 Å². The topological polar surface area (TPSA) is 40.7 Å². The van der Waals surface area contributed by atoms with E-state index in [1.54, 1.807) is 0 Å². The number of para-hydroxylation sites is 1. The van der Waals surface area contributed by atoms with E-state index in [0.717, 1.165) is 42.0 Å². The third-order valence-corrected chi connectivity index (χ3v) is 4.98. The maximum Gasteiger partial charge on any atom is 0.126 e. The molecule has 0 spiro atoms. The Morgan fingerprint density at radius 1 is 1.00 bits per heavy atom. The van der Waals surface area contributed by atoms with E-state index in [0.29, 0.717) is 0 Å². The summed E-state index contributed by atoms with van der Waals surface area (Å²) in [7, 11) is 0. The van der Waals surface area contributed by atoms with Gasteiger partial charge in [0.25, 0.3) is 0 Å². The third kappa shape index (κ3) is 4.06. The predicted octanol–water partition coefficient (Wildman–Crippen LogP) is 5.56. The monoisotopic (exact) mass is 373 g/mol. The van der Waals surface area contributed by atoms with E-state index in [9.17, 15) is 4.39 Å². The number of anilines is 1. The molecule has 2 N–H and O–H groups in total. The molecule has 2 heterocycles. The average Bonchev–Trinajstić information content (AvgIpc) is 3.00. The average molecular weight is 373 g/mol. The SMILES string of the molecule is Cc1cc(C)nc(NCCc2c(Cc3ccc(F)cc3)[nH]c3ccccc23)c1. The van der Waals surface area contributed by atoms with E-state index in [1.165, 1.54) is 34.3 Å². The van der Waals surface area contributed by atoms with Gasteiger partial charge in [-0.2, -0.15) is 0 Å². The molecular formula is C24H24FN3. The van der Waals surface area contributed by atoms with Gasteiger partial charge in [-0.15, -0.1) is 0 Å². The summed E-state index contributed by atoms with van der Waals surface area (Å²) in [5, 5.41) is 4.70. The zero-order valence-electron chi connectivity index (χ0n) is 16.2. The number of pyridine rings is 1. The first kappa shape index (κ1) is 18.2. The van der Waals surface area contributed by atoms with E-state index in [-0.39, 0.29) is 5.82 Å². The first-order valence-electron chi connectivity index (χ1n) is 9.60. The fourth-order valence-corrected chi connectivity index (χ4v) is 3.75. The molecule has 2 aromatic heterocycles. The molecule has 4 heteroatoms. The van der Waals surface area contributed by atoms with Gasteiger partial charge in [-0.25, -0.2) is 9.37 Å². The van der Waals surface area contributed by atoms with Crippen molar-refractivity contribution < 1.29 is 4.39 Å². The Morgan fingerprint density at radius 3 is 2.57 bits per heavy atom. The highest BCUT2D eigenvalue weighted by molar-refractivity contribution is 5.84. The van der Waals surface area contributed by atoms with Gasteiger partial charge in [-0.05, 0) is 67.3 Å². The number of rotatable bonds is 6. The smallest absolute Gasteiger partial charge is 0.126 e. The summed E-state index contributed by atoms with van der Waals surface area (Å²) in [6, 6.07) is 19.3. The molecule has 3 nitrogen and oxygen atoms in total. The van der Waals surface area contributed by atoms with E-state index in [1.807, 2.05) is 25.1 Å². The van der Waals surface area contributed by atoms with Crippen LogP contribution in [-0.2, 0) is 12.8 Å². The van der Waals surface area contributed by atoms with Crippen molar-refractivity contribution in [1.29, 1.82) is 0 Å². The van der Waals surface area contributed by atoms with Crippen LogP contribution in [-0.4, -0.2) is 16.5 Å². The minimum Gasteiger partial charge on any atom is -0.370 e. The fourth-order valence-electron chi connectivity index (χ4n) is 3.75. The molecule has 0 amide bonds. The lowest BCUT2D eigenvalue weighted by Crippen LogP contribution is -2.08. The maximum atomic E-state index is 13.2. The van der Waals surface area contributed by atoms with Gasteiger partial charge in [0.1, 0.15) is 11.6 Å². The molecule has 0 bridgehead atoms. The fraction of sp³-hybridized carbons (Fsp3) is 0.208. The largest absolute Gasteiger partial charge is 0.370 e. The van der Waals surface area contributed by atoms with Crippen LogP contribution >= 0.6 is 0 Å². The Kier molecular flexibility index (Phi) is 5.11. The lowest BCUT2D eigenvalue weighted by Gasteiger charge is -2.09. The lowest BCUT2D eigenvalue weighted by atomic mass is 10.0. The minimum atomic E-state index is -0.203. The van der Waals surface area contributed by atoms with Crippen LogP contribution in [0.1, 0.15) is 28.1 Å². The molecule has 28 heavy (non-hydrogen) atoms. The zero-order chi connectivity index (χ0) is 19.5. The van der Waals surface area contributed by atoms with Crippen molar-refractivity contribution in [3.05, 3.63) is 94.6 Å². The van der Waals surface area contributed by atoms with Crippen LogP contribution in [0.15, 0.2) is 60.7 Å². The maximum absolute atomic E-state index is 13.2. The molecule has 0 aliphatic heterocycles. The molecule has 4 rings (SSSR count). The molecule has 2 aromatic carbocycles. The van der Waals surface area contributed by atoms with Crippen LogP contribution in [0.4, 0.5) is 10.2 Å². The molecule has 0 saturated carbocycles. The first-order valence-corrected chi connectivity index (χ1v) is 9.60. The summed E-state index contributed by atoms with van der Waals surface area (Å²) >= 11 is 0. The van der Waals surface area contributed by atoms with E-state index >= 15 is 0 Å². The van der Waals surface area contributed by atoms with Crippen LogP contribution in [0, 0.1) is 19.7 Å². The summed E-state index contributed by atoms with van der Waals surface area (Å²) in [5.41, 5.74) is 6.95. The quantitative estimate of drug-likeness (QED) is 0.464. The zero-order valence-corrected chi connectivity index (χ0v) is 16.2. The molecule has 4 aromatic rings. The van der Waals surface area contributed by atoms with Crippen LogP contribution in [0.25, 0.3) is 10.9 Å². The molecule has 0 unspecified atom stereocenters. The Labute approximate surface area is 164 Å². The molecule has 0 aliphatic carbocycles. The standard InChI is InChI=1S/C24H24FN3/c1-16-13-17(2)27-24(14-16)26-12-11-21-20-5-3-4-6-22(20)28-23(21)15-18-7-9-19(25)10-8-18/h3-10,13-14,28H,11-12,15H2,1-2H3,(H,26,27). The molecule has 0 radical (unpaired) electrons. The number of H-pyrrole nitrogens is 1.